The van der Waals surface area contributed by atoms with Gasteiger partial charge < -0.3 is 24.8 Å². The quantitative estimate of drug-likeness (QED) is 0.501. The van der Waals surface area contributed by atoms with Crippen LogP contribution in [-0.2, 0) is 22.6 Å². The van der Waals surface area contributed by atoms with Gasteiger partial charge in [-0.1, -0.05) is 60.7 Å². The third kappa shape index (κ3) is 5.27. The molecule has 2 aliphatic rings. The number of amides is 4. The molecule has 3 aromatic carbocycles. The third-order valence-corrected chi connectivity index (χ3v) is 6.14. The number of hydrogen-bond acceptors (Lipinski definition) is 7. The van der Waals surface area contributed by atoms with E-state index in [2.05, 4.69) is 0 Å². The van der Waals surface area contributed by atoms with Crippen LogP contribution in [0, 0.1) is 0 Å². The number of hydroxylamine groups is 2. The van der Waals surface area contributed by atoms with Crippen LogP contribution in [-0.4, -0.2) is 47.4 Å². The minimum atomic E-state index is -1.06. The Morgan fingerprint density at radius 1 is 0.946 bits per heavy atom. The van der Waals surface area contributed by atoms with Crippen molar-refractivity contribution in [1.82, 2.24) is 9.96 Å². The molecule has 0 radical (unpaired) electrons. The van der Waals surface area contributed by atoms with Crippen molar-refractivity contribution in [3.63, 3.8) is 0 Å². The molecule has 1 saturated heterocycles. The molecule has 0 saturated carbocycles. The summed E-state index contributed by atoms with van der Waals surface area (Å²) in [6, 6.07) is 21.8. The zero-order chi connectivity index (χ0) is 25.8. The van der Waals surface area contributed by atoms with Gasteiger partial charge in [0.1, 0.15) is 37.4 Å². The standard InChI is InChI=1S/C27H25N3O7/c28-25(31)30(37-27(33)29-20(16-36-26(29)32)13-18-7-3-1-4-8-18)23-17-35-24-14-21(11-12-22(23)24)34-15-19-9-5-2-6-10-19/h1-12,14,20,23H,13,15-17H2,(H2,28,31)/t20-,23-/m0/s1. The zero-order valence-electron chi connectivity index (χ0n) is 19.8. The lowest BCUT2D eigenvalue weighted by Crippen LogP contribution is -2.47. The van der Waals surface area contributed by atoms with Gasteiger partial charge in [-0.25, -0.2) is 19.3 Å². The molecule has 2 heterocycles. The fraction of sp³-hybridized carbons (Fsp3) is 0.222. The molecule has 3 aromatic rings. The van der Waals surface area contributed by atoms with Gasteiger partial charge >= 0.3 is 18.2 Å². The van der Waals surface area contributed by atoms with Crippen LogP contribution in [0.2, 0.25) is 0 Å². The van der Waals surface area contributed by atoms with Gasteiger partial charge in [0.05, 0.1) is 6.04 Å². The number of primary amides is 1. The largest absolute Gasteiger partial charge is 0.490 e. The third-order valence-electron chi connectivity index (χ3n) is 6.14. The summed E-state index contributed by atoms with van der Waals surface area (Å²) in [7, 11) is 0. The van der Waals surface area contributed by atoms with Crippen LogP contribution in [0.4, 0.5) is 14.4 Å². The summed E-state index contributed by atoms with van der Waals surface area (Å²) in [5.74, 6) is 1.05. The predicted octanol–water partition coefficient (Wildman–Crippen LogP) is 4.19. The number of nitrogens with two attached hydrogens (primary N) is 1. The number of urea groups is 1. The number of ether oxygens (including phenoxy) is 3. The molecule has 4 amide bonds. The lowest BCUT2D eigenvalue weighted by Gasteiger charge is -2.27. The zero-order valence-corrected chi connectivity index (χ0v) is 19.8. The van der Waals surface area contributed by atoms with E-state index in [1.165, 1.54) is 0 Å². The molecular weight excluding hydrogens is 478 g/mol. The topological polar surface area (TPSA) is 121 Å². The molecule has 10 heteroatoms. The number of carbonyl (C=O) groups excluding carboxylic acids is 3. The first-order valence-electron chi connectivity index (χ1n) is 11.7. The molecule has 5 rings (SSSR count). The van der Waals surface area contributed by atoms with Crippen molar-refractivity contribution in [1.29, 1.82) is 0 Å². The number of benzene rings is 3. The molecule has 2 atom stereocenters. The van der Waals surface area contributed by atoms with Gasteiger partial charge in [0.15, 0.2) is 0 Å². The summed E-state index contributed by atoms with van der Waals surface area (Å²) < 4.78 is 16.6. The lowest BCUT2D eigenvalue weighted by atomic mass is 10.1. The van der Waals surface area contributed by atoms with Crippen LogP contribution >= 0.6 is 0 Å². The summed E-state index contributed by atoms with van der Waals surface area (Å²) in [5.41, 5.74) is 8.07. The van der Waals surface area contributed by atoms with Crippen LogP contribution < -0.4 is 15.2 Å². The van der Waals surface area contributed by atoms with E-state index in [0.29, 0.717) is 30.1 Å². The summed E-state index contributed by atoms with van der Waals surface area (Å²) in [5, 5.41) is 0.726. The summed E-state index contributed by atoms with van der Waals surface area (Å²) in [6.45, 7) is 0.399. The van der Waals surface area contributed by atoms with Crippen LogP contribution in [0.1, 0.15) is 22.7 Å². The van der Waals surface area contributed by atoms with Gasteiger partial charge in [-0.3, -0.25) is 0 Å². The Balaban J connectivity index is 1.27. The van der Waals surface area contributed by atoms with Crippen LogP contribution in [0.5, 0.6) is 11.5 Å². The van der Waals surface area contributed by atoms with Crippen molar-refractivity contribution >= 4 is 18.2 Å². The van der Waals surface area contributed by atoms with Crippen molar-refractivity contribution in [2.45, 2.75) is 25.1 Å². The maximum absolute atomic E-state index is 13.0. The average molecular weight is 504 g/mol. The van der Waals surface area contributed by atoms with Crippen molar-refractivity contribution in [3.05, 3.63) is 95.6 Å². The van der Waals surface area contributed by atoms with E-state index in [0.717, 1.165) is 21.1 Å². The number of imide groups is 1. The predicted molar refractivity (Wildman–Crippen MR) is 130 cm³/mol. The smallest absolute Gasteiger partial charge is 0.444 e. The Morgan fingerprint density at radius 3 is 2.35 bits per heavy atom. The lowest BCUT2D eigenvalue weighted by molar-refractivity contribution is -0.0994. The number of carbonyl (C=O) groups is 3. The fourth-order valence-corrected chi connectivity index (χ4v) is 4.31. The minimum Gasteiger partial charge on any atom is -0.490 e. The van der Waals surface area contributed by atoms with Gasteiger partial charge in [0.25, 0.3) is 0 Å². The summed E-state index contributed by atoms with van der Waals surface area (Å²) in [4.78, 5) is 43.8. The number of nitrogens with zero attached hydrogens (tertiary/aromatic N) is 2. The monoisotopic (exact) mass is 503 g/mol. The van der Waals surface area contributed by atoms with Gasteiger partial charge in [-0.2, -0.15) is 0 Å². The first-order valence-corrected chi connectivity index (χ1v) is 11.7. The SMILES string of the molecule is NC(=O)N(OC(=O)N1C(=O)OC[C@@H]1Cc1ccccc1)[C@H]1COc2cc(OCc3ccccc3)ccc21. The van der Waals surface area contributed by atoms with Crippen LogP contribution in [0.3, 0.4) is 0 Å². The highest BCUT2D eigenvalue weighted by atomic mass is 16.7. The second-order valence-corrected chi connectivity index (χ2v) is 8.61. The molecule has 0 unspecified atom stereocenters. The van der Waals surface area contributed by atoms with E-state index >= 15 is 0 Å². The van der Waals surface area contributed by atoms with Gasteiger partial charge in [-0.05, 0) is 29.7 Å². The Bertz CT molecular complexity index is 1290. The van der Waals surface area contributed by atoms with Crippen molar-refractivity contribution in [3.8, 4) is 11.5 Å². The van der Waals surface area contributed by atoms with Crippen molar-refractivity contribution < 1.29 is 33.4 Å². The number of fused-ring (bicyclic) bond motifs is 1. The molecule has 0 spiro atoms. The van der Waals surface area contributed by atoms with Crippen molar-refractivity contribution in [2.24, 2.45) is 5.73 Å². The van der Waals surface area contributed by atoms with Gasteiger partial charge in [0.2, 0.25) is 0 Å². The minimum absolute atomic E-state index is 0.00554. The number of rotatable bonds is 6. The highest BCUT2D eigenvalue weighted by Gasteiger charge is 2.43. The van der Waals surface area contributed by atoms with Crippen LogP contribution in [0.25, 0.3) is 0 Å². The normalized spacial score (nSPS) is 17.9. The highest BCUT2D eigenvalue weighted by Crippen LogP contribution is 2.39. The van der Waals surface area contributed by atoms with Gasteiger partial charge in [-0.15, -0.1) is 5.06 Å². The number of hydrogen-bond donors (Lipinski definition) is 1. The first-order chi connectivity index (χ1) is 18.0. The Kier molecular flexibility index (Phi) is 6.80. The Labute approximate surface area is 213 Å². The first kappa shape index (κ1) is 24.0. The van der Waals surface area contributed by atoms with E-state index in [1.807, 2.05) is 60.7 Å². The van der Waals surface area contributed by atoms with Gasteiger partial charge in [0, 0.05) is 11.6 Å². The van der Waals surface area contributed by atoms with E-state index in [9.17, 15) is 14.4 Å². The molecule has 1 fully saturated rings. The molecule has 0 bridgehead atoms. The van der Waals surface area contributed by atoms with E-state index in [1.54, 1.807) is 18.2 Å². The van der Waals surface area contributed by atoms with Crippen LogP contribution in [0.15, 0.2) is 78.9 Å². The highest BCUT2D eigenvalue weighted by molar-refractivity contribution is 5.90. The maximum Gasteiger partial charge on any atom is 0.444 e. The van der Waals surface area contributed by atoms with E-state index in [-0.39, 0.29) is 13.2 Å². The molecule has 0 aromatic heterocycles. The molecule has 0 aliphatic carbocycles. The molecule has 2 N–H and O–H groups in total. The second-order valence-electron chi connectivity index (χ2n) is 8.61. The molecule has 10 nitrogen and oxygen atoms in total. The maximum atomic E-state index is 13.0. The van der Waals surface area contributed by atoms with E-state index < -0.39 is 30.3 Å². The fourth-order valence-electron chi connectivity index (χ4n) is 4.31. The van der Waals surface area contributed by atoms with E-state index in [4.69, 9.17) is 24.8 Å². The molecule has 37 heavy (non-hydrogen) atoms. The second kappa shape index (κ2) is 10.5. The molecule has 190 valence electrons. The molecule has 2 aliphatic heterocycles. The Morgan fingerprint density at radius 2 is 1.65 bits per heavy atom. The van der Waals surface area contributed by atoms with Crippen molar-refractivity contribution in [2.75, 3.05) is 13.2 Å². The summed E-state index contributed by atoms with van der Waals surface area (Å²) >= 11 is 0. The summed E-state index contributed by atoms with van der Waals surface area (Å²) in [6.07, 6.45) is -1.53. The molecular formula is C27H25N3O7. The average Bonchev–Trinajstić information content (AvgIpc) is 3.49. The number of cyclic esters (lactones) is 1. The Hall–Kier alpha value is -4.73.